The molecule has 3 nitrogen and oxygen atoms in total. The number of nitrogen functional groups attached to an aromatic ring is 1. The van der Waals surface area contributed by atoms with Crippen molar-refractivity contribution in [1.82, 2.24) is 4.90 Å². The van der Waals surface area contributed by atoms with Gasteiger partial charge in [0, 0.05) is 34.1 Å². The summed E-state index contributed by atoms with van der Waals surface area (Å²) in [7, 11) is 2.17. The number of nitrogens with two attached hydrogens (primary N) is 1. The molecule has 0 bridgehead atoms. The molecule has 1 atom stereocenters. The van der Waals surface area contributed by atoms with Crippen LogP contribution in [0.3, 0.4) is 0 Å². The minimum Gasteiger partial charge on any atom is -0.399 e. The summed E-state index contributed by atoms with van der Waals surface area (Å²) in [4.78, 5) is 2.37. The van der Waals surface area contributed by atoms with Crippen LogP contribution in [0.4, 0.5) is 11.4 Å². The maximum atomic E-state index is 5.72. The third-order valence-electron chi connectivity index (χ3n) is 3.12. The largest absolute Gasteiger partial charge is 0.399 e. The van der Waals surface area contributed by atoms with Crippen LogP contribution in [0.15, 0.2) is 18.2 Å². The molecule has 0 heterocycles. The summed E-state index contributed by atoms with van der Waals surface area (Å²) < 4.78 is 1.17. The molecule has 0 spiro atoms. The Morgan fingerprint density at radius 3 is 2.76 bits per heavy atom. The van der Waals surface area contributed by atoms with Crippen molar-refractivity contribution in [2.75, 3.05) is 31.2 Å². The van der Waals surface area contributed by atoms with E-state index in [-0.39, 0.29) is 0 Å². The Labute approximate surface area is 118 Å². The number of hydrogen-bond acceptors (Lipinski definition) is 3. The van der Waals surface area contributed by atoms with Gasteiger partial charge < -0.3 is 16.0 Å². The first-order valence-electron chi connectivity index (χ1n) is 6.03. The van der Waals surface area contributed by atoms with Crippen molar-refractivity contribution in [2.24, 2.45) is 0 Å². The number of rotatable bonds is 6. The fourth-order valence-corrected chi connectivity index (χ4v) is 2.30. The standard InChI is InChI=1S/C13H22IN3/c1-4-10(2)17(3)8-7-16-13-6-5-11(15)9-12(13)14/h5-6,9-10,16H,4,7-8,15H2,1-3H3. The molecule has 0 saturated carbocycles. The lowest BCUT2D eigenvalue weighted by Gasteiger charge is -2.23. The van der Waals surface area contributed by atoms with Gasteiger partial charge in [-0.1, -0.05) is 6.92 Å². The van der Waals surface area contributed by atoms with Gasteiger partial charge in [-0.2, -0.15) is 0 Å². The monoisotopic (exact) mass is 347 g/mol. The second kappa shape index (κ2) is 7.06. The molecule has 0 radical (unpaired) electrons. The van der Waals surface area contributed by atoms with Gasteiger partial charge in [-0.3, -0.25) is 0 Å². The van der Waals surface area contributed by atoms with Crippen LogP contribution in [0.1, 0.15) is 20.3 Å². The Balaban J connectivity index is 2.40. The fraction of sp³-hybridized carbons (Fsp3) is 0.538. The number of hydrogen-bond donors (Lipinski definition) is 2. The van der Waals surface area contributed by atoms with E-state index in [4.69, 9.17) is 5.73 Å². The number of halogens is 1. The first-order chi connectivity index (χ1) is 8.04. The first kappa shape index (κ1) is 14.6. The van der Waals surface area contributed by atoms with Crippen molar-refractivity contribution in [3.8, 4) is 0 Å². The van der Waals surface area contributed by atoms with Crippen LogP contribution in [0.2, 0.25) is 0 Å². The summed E-state index contributed by atoms with van der Waals surface area (Å²) in [6.45, 7) is 6.49. The van der Waals surface area contributed by atoms with Crippen LogP contribution in [0.25, 0.3) is 0 Å². The molecule has 4 heteroatoms. The SMILES string of the molecule is CCC(C)N(C)CCNc1ccc(N)cc1I. The second-order valence-electron chi connectivity index (χ2n) is 4.40. The van der Waals surface area contributed by atoms with Crippen LogP contribution in [-0.2, 0) is 0 Å². The molecule has 1 aromatic rings. The van der Waals surface area contributed by atoms with Gasteiger partial charge >= 0.3 is 0 Å². The van der Waals surface area contributed by atoms with Gasteiger partial charge in [0.1, 0.15) is 0 Å². The third-order valence-corrected chi connectivity index (χ3v) is 4.01. The molecule has 1 unspecified atom stereocenters. The summed E-state index contributed by atoms with van der Waals surface area (Å²) in [5.41, 5.74) is 7.70. The quantitative estimate of drug-likeness (QED) is 0.614. The van der Waals surface area contributed by atoms with E-state index >= 15 is 0 Å². The van der Waals surface area contributed by atoms with E-state index in [1.807, 2.05) is 18.2 Å². The number of benzene rings is 1. The molecule has 1 rings (SSSR count). The van der Waals surface area contributed by atoms with Gasteiger partial charge in [-0.25, -0.2) is 0 Å². The summed E-state index contributed by atoms with van der Waals surface area (Å²) >= 11 is 2.31. The van der Waals surface area contributed by atoms with E-state index in [1.165, 1.54) is 9.99 Å². The maximum absolute atomic E-state index is 5.72. The molecule has 3 N–H and O–H groups in total. The predicted octanol–water partition coefficient (Wildman–Crippen LogP) is 3.02. The molecule has 17 heavy (non-hydrogen) atoms. The van der Waals surface area contributed by atoms with E-state index in [2.05, 4.69) is 53.7 Å². The van der Waals surface area contributed by atoms with E-state index in [1.54, 1.807) is 0 Å². The van der Waals surface area contributed by atoms with E-state index in [9.17, 15) is 0 Å². The highest BCUT2D eigenvalue weighted by Gasteiger charge is 2.06. The minimum atomic E-state index is 0.641. The van der Waals surface area contributed by atoms with Crippen molar-refractivity contribution >= 4 is 34.0 Å². The Morgan fingerprint density at radius 1 is 1.47 bits per heavy atom. The normalized spacial score (nSPS) is 12.8. The number of anilines is 2. The maximum Gasteiger partial charge on any atom is 0.0477 e. The van der Waals surface area contributed by atoms with Crippen molar-refractivity contribution < 1.29 is 0 Å². The molecule has 1 aromatic carbocycles. The lowest BCUT2D eigenvalue weighted by atomic mass is 10.2. The lowest BCUT2D eigenvalue weighted by Crippen LogP contribution is -2.32. The van der Waals surface area contributed by atoms with Crippen LogP contribution < -0.4 is 11.1 Å². The number of likely N-dealkylation sites (N-methyl/N-ethyl adjacent to an activating group) is 1. The van der Waals surface area contributed by atoms with Crippen molar-refractivity contribution in [3.05, 3.63) is 21.8 Å². The Hall–Kier alpha value is -0.490. The van der Waals surface area contributed by atoms with E-state index in [0.29, 0.717) is 6.04 Å². The highest BCUT2D eigenvalue weighted by atomic mass is 127. The van der Waals surface area contributed by atoms with Crippen LogP contribution in [0, 0.1) is 3.57 Å². The van der Waals surface area contributed by atoms with Gasteiger partial charge in [0.25, 0.3) is 0 Å². The van der Waals surface area contributed by atoms with Crippen molar-refractivity contribution in [2.45, 2.75) is 26.3 Å². The molecule has 0 aliphatic rings. The minimum absolute atomic E-state index is 0.641. The Bertz CT molecular complexity index is 355. The molecule has 0 aliphatic heterocycles. The van der Waals surface area contributed by atoms with Crippen molar-refractivity contribution in [1.29, 1.82) is 0 Å². The topological polar surface area (TPSA) is 41.3 Å². The number of nitrogens with zero attached hydrogens (tertiary/aromatic N) is 1. The van der Waals surface area contributed by atoms with E-state index < -0.39 is 0 Å². The average molecular weight is 347 g/mol. The van der Waals surface area contributed by atoms with Crippen LogP contribution >= 0.6 is 22.6 Å². The average Bonchev–Trinajstić information content (AvgIpc) is 2.30. The summed E-state index contributed by atoms with van der Waals surface area (Å²) in [5.74, 6) is 0. The molecule has 0 aliphatic carbocycles. The zero-order valence-corrected chi connectivity index (χ0v) is 13.0. The Kier molecular flexibility index (Phi) is 6.05. The first-order valence-corrected chi connectivity index (χ1v) is 7.11. The van der Waals surface area contributed by atoms with E-state index in [0.717, 1.165) is 24.5 Å². The molecular weight excluding hydrogens is 325 g/mol. The predicted molar refractivity (Wildman–Crippen MR) is 84.4 cm³/mol. The smallest absolute Gasteiger partial charge is 0.0477 e. The number of nitrogens with one attached hydrogen (secondary N) is 1. The van der Waals surface area contributed by atoms with Gasteiger partial charge in [0.05, 0.1) is 0 Å². The molecule has 96 valence electrons. The highest BCUT2D eigenvalue weighted by Crippen LogP contribution is 2.20. The van der Waals surface area contributed by atoms with Crippen molar-refractivity contribution in [3.63, 3.8) is 0 Å². The van der Waals surface area contributed by atoms with Gasteiger partial charge in [0.15, 0.2) is 0 Å². The molecule has 0 aromatic heterocycles. The second-order valence-corrected chi connectivity index (χ2v) is 5.57. The molecule has 0 fully saturated rings. The Morgan fingerprint density at radius 2 is 2.18 bits per heavy atom. The molecule has 0 saturated heterocycles. The highest BCUT2D eigenvalue weighted by molar-refractivity contribution is 14.1. The van der Waals surface area contributed by atoms with Crippen LogP contribution in [0.5, 0.6) is 0 Å². The summed E-state index contributed by atoms with van der Waals surface area (Å²) in [5, 5.41) is 3.45. The molecule has 0 amide bonds. The lowest BCUT2D eigenvalue weighted by molar-refractivity contribution is 0.261. The zero-order chi connectivity index (χ0) is 12.8. The van der Waals surface area contributed by atoms with Crippen LogP contribution in [-0.4, -0.2) is 31.1 Å². The zero-order valence-electron chi connectivity index (χ0n) is 10.8. The molecular formula is C13H22IN3. The van der Waals surface area contributed by atoms with Gasteiger partial charge in [0.2, 0.25) is 0 Å². The van der Waals surface area contributed by atoms with Gasteiger partial charge in [-0.15, -0.1) is 0 Å². The third kappa shape index (κ3) is 4.71. The summed E-state index contributed by atoms with van der Waals surface area (Å²) in [6, 6.07) is 6.60. The summed E-state index contributed by atoms with van der Waals surface area (Å²) in [6.07, 6.45) is 1.19. The van der Waals surface area contributed by atoms with Gasteiger partial charge in [-0.05, 0) is 61.2 Å². The fourth-order valence-electron chi connectivity index (χ4n) is 1.57.